The third-order valence-corrected chi connectivity index (χ3v) is 4.07. The van der Waals surface area contributed by atoms with Gasteiger partial charge in [0.05, 0.1) is 24.9 Å². The van der Waals surface area contributed by atoms with Crippen LogP contribution in [0.4, 0.5) is 0 Å². The largest absolute Gasteiger partial charge is 0.390 e. The Kier molecular flexibility index (Phi) is 4.45. The summed E-state index contributed by atoms with van der Waals surface area (Å²) in [5.41, 5.74) is 0.303. The number of aliphatic hydroxyl groups excluding tert-OH is 1. The molecule has 2 rings (SSSR count). The van der Waals surface area contributed by atoms with E-state index in [9.17, 15) is 5.11 Å². The molecule has 1 saturated carbocycles. The minimum Gasteiger partial charge on any atom is -0.390 e. The Morgan fingerprint density at radius 3 is 2.82 bits per heavy atom. The summed E-state index contributed by atoms with van der Waals surface area (Å²) in [7, 11) is 0. The molecule has 0 aromatic heterocycles. The zero-order valence-corrected chi connectivity index (χ0v) is 11.2. The van der Waals surface area contributed by atoms with E-state index in [-0.39, 0.29) is 18.3 Å². The second kappa shape index (κ2) is 5.68. The van der Waals surface area contributed by atoms with Crippen LogP contribution < -0.4 is 0 Å². The first-order valence-electron chi connectivity index (χ1n) is 6.98. The Morgan fingerprint density at radius 2 is 2.12 bits per heavy atom. The van der Waals surface area contributed by atoms with Crippen LogP contribution in [0.15, 0.2) is 0 Å². The Morgan fingerprint density at radius 1 is 1.29 bits per heavy atom. The van der Waals surface area contributed by atoms with Crippen molar-refractivity contribution < 1.29 is 14.6 Å². The van der Waals surface area contributed by atoms with Crippen LogP contribution in [0.1, 0.15) is 52.4 Å². The fourth-order valence-corrected chi connectivity index (χ4v) is 2.85. The lowest BCUT2D eigenvalue weighted by Gasteiger charge is -2.39. The van der Waals surface area contributed by atoms with E-state index in [1.165, 1.54) is 12.8 Å². The van der Waals surface area contributed by atoms with E-state index in [1.807, 2.05) is 0 Å². The van der Waals surface area contributed by atoms with E-state index in [0.717, 1.165) is 32.3 Å². The van der Waals surface area contributed by atoms with Gasteiger partial charge in [-0.3, -0.25) is 0 Å². The third-order valence-electron chi connectivity index (χ3n) is 4.07. The fraction of sp³-hybridized carbons (Fsp3) is 1.00. The normalized spacial score (nSPS) is 37.9. The average Bonchev–Trinajstić information content (AvgIpc) is 2.32. The van der Waals surface area contributed by atoms with E-state index >= 15 is 0 Å². The van der Waals surface area contributed by atoms with Gasteiger partial charge in [-0.2, -0.15) is 0 Å². The van der Waals surface area contributed by atoms with Gasteiger partial charge in [0, 0.05) is 6.61 Å². The number of hydrogen-bond acceptors (Lipinski definition) is 3. The molecule has 1 aliphatic carbocycles. The molecule has 3 atom stereocenters. The van der Waals surface area contributed by atoms with Gasteiger partial charge >= 0.3 is 0 Å². The van der Waals surface area contributed by atoms with Crippen LogP contribution >= 0.6 is 0 Å². The van der Waals surface area contributed by atoms with Crippen molar-refractivity contribution in [2.75, 3.05) is 13.2 Å². The third kappa shape index (κ3) is 3.94. The van der Waals surface area contributed by atoms with Gasteiger partial charge in [-0.25, -0.2) is 0 Å². The first-order valence-corrected chi connectivity index (χ1v) is 6.98. The van der Waals surface area contributed by atoms with E-state index in [0.29, 0.717) is 12.0 Å². The Labute approximate surface area is 104 Å². The molecular formula is C14H26O3. The summed E-state index contributed by atoms with van der Waals surface area (Å²) in [4.78, 5) is 0. The van der Waals surface area contributed by atoms with Crippen molar-refractivity contribution in [3.05, 3.63) is 0 Å². The Balaban J connectivity index is 1.76. The number of aliphatic hydroxyl groups is 1. The van der Waals surface area contributed by atoms with E-state index < -0.39 is 0 Å². The van der Waals surface area contributed by atoms with E-state index in [1.54, 1.807) is 0 Å². The topological polar surface area (TPSA) is 38.7 Å². The lowest BCUT2D eigenvalue weighted by Crippen LogP contribution is -2.41. The molecule has 3 unspecified atom stereocenters. The summed E-state index contributed by atoms with van der Waals surface area (Å²) in [5, 5.41) is 9.96. The van der Waals surface area contributed by atoms with Gasteiger partial charge in [-0.05, 0) is 43.9 Å². The van der Waals surface area contributed by atoms with Crippen molar-refractivity contribution in [2.24, 2.45) is 5.41 Å². The second-order valence-electron chi connectivity index (χ2n) is 6.33. The number of ether oxygens (including phenoxy) is 2. The molecule has 0 radical (unpaired) electrons. The molecule has 0 bridgehead atoms. The lowest BCUT2D eigenvalue weighted by atomic mass is 9.75. The summed E-state index contributed by atoms with van der Waals surface area (Å²) in [6, 6.07) is 0. The van der Waals surface area contributed by atoms with E-state index in [4.69, 9.17) is 9.47 Å². The maximum absolute atomic E-state index is 9.96. The fourth-order valence-electron chi connectivity index (χ4n) is 2.85. The first-order chi connectivity index (χ1) is 8.07. The molecule has 1 aliphatic heterocycles. The molecule has 2 aliphatic rings. The van der Waals surface area contributed by atoms with Crippen LogP contribution in [-0.4, -0.2) is 36.6 Å². The van der Waals surface area contributed by atoms with Gasteiger partial charge in [0.25, 0.3) is 0 Å². The predicted octanol–water partition coefficient (Wildman–Crippen LogP) is 2.51. The SMILES string of the molecule is CC1(C)CCC(O)C(OCC2CCCCO2)C1. The van der Waals surface area contributed by atoms with Gasteiger partial charge in [0.15, 0.2) is 0 Å². The summed E-state index contributed by atoms with van der Waals surface area (Å²) in [5.74, 6) is 0. The molecule has 1 N–H and O–H groups in total. The highest BCUT2D eigenvalue weighted by atomic mass is 16.5. The van der Waals surface area contributed by atoms with Crippen LogP contribution in [0.2, 0.25) is 0 Å². The molecule has 3 nitrogen and oxygen atoms in total. The zero-order chi connectivity index (χ0) is 12.3. The summed E-state index contributed by atoms with van der Waals surface area (Å²) in [6.07, 6.45) is 6.41. The van der Waals surface area contributed by atoms with Crippen LogP contribution in [0.25, 0.3) is 0 Å². The van der Waals surface area contributed by atoms with Crippen molar-refractivity contribution in [1.29, 1.82) is 0 Å². The minimum atomic E-state index is -0.286. The minimum absolute atomic E-state index is 0.00396. The maximum atomic E-state index is 9.96. The molecule has 0 amide bonds. The van der Waals surface area contributed by atoms with Crippen molar-refractivity contribution in [1.82, 2.24) is 0 Å². The highest BCUT2D eigenvalue weighted by Crippen LogP contribution is 2.36. The molecular weight excluding hydrogens is 216 g/mol. The highest BCUT2D eigenvalue weighted by molar-refractivity contribution is 4.85. The average molecular weight is 242 g/mol. The first kappa shape index (κ1) is 13.3. The highest BCUT2D eigenvalue weighted by Gasteiger charge is 2.34. The molecule has 17 heavy (non-hydrogen) atoms. The van der Waals surface area contributed by atoms with Gasteiger partial charge in [-0.1, -0.05) is 13.8 Å². The number of hydrogen-bond donors (Lipinski definition) is 1. The van der Waals surface area contributed by atoms with Crippen molar-refractivity contribution in [3.8, 4) is 0 Å². The lowest BCUT2D eigenvalue weighted by molar-refractivity contribution is -0.121. The van der Waals surface area contributed by atoms with Crippen molar-refractivity contribution in [3.63, 3.8) is 0 Å². The Bertz CT molecular complexity index is 234. The summed E-state index contributed by atoms with van der Waals surface area (Å²) >= 11 is 0. The van der Waals surface area contributed by atoms with Crippen LogP contribution in [0, 0.1) is 5.41 Å². The molecule has 3 heteroatoms. The summed E-state index contributed by atoms with van der Waals surface area (Å²) in [6.45, 7) is 6.03. The van der Waals surface area contributed by atoms with Crippen LogP contribution in [0.3, 0.4) is 0 Å². The quantitative estimate of drug-likeness (QED) is 0.826. The van der Waals surface area contributed by atoms with E-state index in [2.05, 4.69) is 13.8 Å². The molecule has 0 aromatic rings. The molecule has 100 valence electrons. The molecule has 1 saturated heterocycles. The van der Waals surface area contributed by atoms with Crippen molar-refractivity contribution >= 4 is 0 Å². The standard InChI is InChI=1S/C14H26O3/c1-14(2)7-6-12(15)13(9-14)17-10-11-5-3-4-8-16-11/h11-13,15H,3-10H2,1-2H3. The van der Waals surface area contributed by atoms with Crippen molar-refractivity contribution in [2.45, 2.75) is 70.7 Å². The molecule has 2 fully saturated rings. The Hall–Kier alpha value is -0.120. The van der Waals surface area contributed by atoms with Crippen LogP contribution in [-0.2, 0) is 9.47 Å². The maximum Gasteiger partial charge on any atom is 0.0840 e. The van der Waals surface area contributed by atoms with Gasteiger partial charge in [-0.15, -0.1) is 0 Å². The molecule has 0 aromatic carbocycles. The smallest absolute Gasteiger partial charge is 0.0840 e. The monoisotopic (exact) mass is 242 g/mol. The predicted molar refractivity (Wildman–Crippen MR) is 67.0 cm³/mol. The number of rotatable bonds is 3. The zero-order valence-electron chi connectivity index (χ0n) is 11.2. The van der Waals surface area contributed by atoms with Gasteiger partial charge < -0.3 is 14.6 Å². The van der Waals surface area contributed by atoms with Gasteiger partial charge in [0.2, 0.25) is 0 Å². The molecule has 0 spiro atoms. The second-order valence-corrected chi connectivity index (χ2v) is 6.33. The van der Waals surface area contributed by atoms with Gasteiger partial charge in [0.1, 0.15) is 0 Å². The molecule has 1 heterocycles. The van der Waals surface area contributed by atoms with Crippen LogP contribution in [0.5, 0.6) is 0 Å². The summed E-state index contributed by atoms with van der Waals surface area (Å²) < 4.78 is 11.5.